The molecule has 1 heterocycles. The smallest absolute Gasteiger partial charge is 0.337 e. The summed E-state index contributed by atoms with van der Waals surface area (Å²) in [6.45, 7) is 1.14. The largest absolute Gasteiger partial charge is 0.478 e. The average Bonchev–Trinajstić information content (AvgIpc) is 2.38. The maximum atomic E-state index is 11.3. The van der Waals surface area contributed by atoms with Gasteiger partial charge < -0.3 is 15.7 Å². The fourth-order valence-electron chi connectivity index (χ4n) is 2.38. The number of rotatable bonds is 3. The lowest BCUT2D eigenvalue weighted by Gasteiger charge is -2.33. The van der Waals surface area contributed by atoms with Crippen LogP contribution in [0.25, 0.3) is 0 Å². The number of hydrogen-bond acceptors (Lipinski definition) is 3. The van der Waals surface area contributed by atoms with Crippen molar-refractivity contribution in [2.45, 2.75) is 12.8 Å². The number of hydrogen-bond donors (Lipinski definition) is 2. The number of halogens is 1. The maximum absolute atomic E-state index is 11.3. The van der Waals surface area contributed by atoms with E-state index < -0.39 is 5.97 Å². The van der Waals surface area contributed by atoms with E-state index >= 15 is 0 Å². The summed E-state index contributed by atoms with van der Waals surface area (Å²) in [5.74, 6) is -1.59. The number of amides is 1. The highest BCUT2D eigenvalue weighted by Gasteiger charge is 2.26. The molecular formula is C13H15ClN2O3. The normalized spacial score (nSPS) is 19.2. The van der Waals surface area contributed by atoms with E-state index in [0.29, 0.717) is 23.8 Å². The quantitative estimate of drug-likeness (QED) is 0.884. The van der Waals surface area contributed by atoms with Crippen molar-refractivity contribution in [1.29, 1.82) is 0 Å². The van der Waals surface area contributed by atoms with Gasteiger partial charge in [-0.2, -0.15) is 0 Å². The predicted octanol–water partition coefficient (Wildman–Crippen LogP) is 1.74. The molecule has 6 heteroatoms. The van der Waals surface area contributed by atoms with Crippen molar-refractivity contribution < 1.29 is 14.7 Å². The zero-order valence-electron chi connectivity index (χ0n) is 10.3. The molecule has 19 heavy (non-hydrogen) atoms. The number of carboxylic acids is 1. The number of nitrogens with zero attached hydrogens (tertiary/aromatic N) is 1. The van der Waals surface area contributed by atoms with E-state index in [4.69, 9.17) is 17.3 Å². The van der Waals surface area contributed by atoms with Crippen LogP contribution in [0.3, 0.4) is 0 Å². The molecule has 3 N–H and O–H groups in total. The number of carbonyl (C=O) groups is 2. The average molecular weight is 283 g/mol. The Morgan fingerprint density at radius 1 is 1.42 bits per heavy atom. The standard InChI is InChI=1S/C13H15ClN2O3/c14-9-3-4-10(13(18)19)11(6-9)16-5-1-2-8(7-16)12(15)17/h3-4,6,8H,1-2,5,7H2,(H2,15,17)(H,18,19). The molecule has 1 aliphatic heterocycles. The van der Waals surface area contributed by atoms with Gasteiger partial charge in [0.05, 0.1) is 17.2 Å². The van der Waals surface area contributed by atoms with Crippen LogP contribution in [0.1, 0.15) is 23.2 Å². The first-order chi connectivity index (χ1) is 8.99. The highest BCUT2D eigenvalue weighted by Crippen LogP contribution is 2.29. The van der Waals surface area contributed by atoms with Gasteiger partial charge in [0, 0.05) is 18.1 Å². The molecule has 1 saturated heterocycles. The molecule has 1 unspecified atom stereocenters. The van der Waals surface area contributed by atoms with Crippen molar-refractivity contribution in [3.05, 3.63) is 28.8 Å². The van der Waals surface area contributed by atoms with Crippen LogP contribution < -0.4 is 10.6 Å². The van der Waals surface area contributed by atoms with Gasteiger partial charge >= 0.3 is 5.97 Å². The summed E-state index contributed by atoms with van der Waals surface area (Å²) < 4.78 is 0. The molecule has 1 aliphatic rings. The third kappa shape index (κ3) is 2.98. The Bertz CT molecular complexity index is 519. The molecule has 0 saturated carbocycles. The minimum Gasteiger partial charge on any atom is -0.478 e. The van der Waals surface area contributed by atoms with Crippen molar-refractivity contribution in [3.63, 3.8) is 0 Å². The third-order valence-electron chi connectivity index (χ3n) is 3.35. The van der Waals surface area contributed by atoms with E-state index in [1.165, 1.54) is 6.07 Å². The highest BCUT2D eigenvalue weighted by molar-refractivity contribution is 6.31. The fraction of sp³-hybridized carbons (Fsp3) is 0.385. The van der Waals surface area contributed by atoms with Crippen LogP contribution in [0.15, 0.2) is 18.2 Å². The summed E-state index contributed by atoms with van der Waals surface area (Å²) in [4.78, 5) is 24.4. The van der Waals surface area contributed by atoms with Crippen molar-refractivity contribution in [2.24, 2.45) is 11.7 Å². The lowest BCUT2D eigenvalue weighted by molar-refractivity contribution is -0.122. The van der Waals surface area contributed by atoms with E-state index in [2.05, 4.69) is 0 Å². The Hall–Kier alpha value is -1.75. The molecule has 102 valence electrons. The number of anilines is 1. The van der Waals surface area contributed by atoms with E-state index in [-0.39, 0.29) is 17.4 Å². The molecule has 1 aromatic rings. The molecule has 0 radical (unpaired) electrons. The lowest BCUT2D eigenvalue weighted by atomic mass is 9.96. The molecule has 0 spiro atoms. The minimum atomic E-state index is -1.01. The Morgan fingerprint density at radius 2 is 2.16 bits per heavy atom. The van der Waals surface area contributed by atoms with Crippen LogP contribution >= 0.6 is 11.6 Å². The first kappa shape index (κ1) is 13.7. The Balaban J connectivity index is 2.32. The molecular weight excluding hydrogens is 268 g/mol. The van der Waals surface area contributed by atoms with Crippen LogP contribution in [0.4, 0.5) is 5.69 Å². The SMILES string of the molecule is NC(=O)C1CCCN(c2cc(Cl)ccc2C(=O)O)C1. The summed E-state index contributed by atoms with van der Waals surface area (Å²) in [5, 5.41) is 9.67. The predicted molar refractivity (Wildman–Crippen MR) is 72.5 cm³/mol. The molecule has 1 aromatic carbocycles. The van der Waals surface area contributed by atoms with Crippen molar-refractivity contribution in [3.8, 4) is 0 Å². The van der Waals surface area contributed by atoms with Crippen LogP contribution in [0.5, 0.6) is 0 Å². The van der Waals surface area contributed by atoms with Crippen LogP contribution in [0.2, 0.25) is 5.02 Å². The van der Waals surface area contributed by atoms with Gasteiger partial charge in [-0.1, -0.05) is 11.6 Å². The molecule has 2 rings (SSSR count). The number of nitrogens with two attached hydrogens (primary N) is 1. The number of carbonyl (C=O) groups excluding carboxylic acids is 1. The van der Waals surface area contributed by atoms with E-state index in [1.54, 1.807) is 12.1 Å². The number of carboxylic acid groups (broad SMARTS) is 1. The maximum Gasteiger partial charge on any atom is 0.337 e. The first-order valence-electron chi connectivity index (χ1n) is 6.06. The molecule has 0 aromatic heterocycles. The molecule has 0 aliphatic carbocycles. The number of aromatic carboxylic acids is 1. The highest BCUT2D eigenvalue weighted by atomic mass is 35.5. The lowest BCUT2D eigenvalue weighted by Crippen LogP contribution is -2.41. The van der Waals surface area contributed by atoms with Gasteiger partial charge in [0.1, 0.15) is 0 Å². The van der Waals surface area contributed by atoms with E-state index in [9.17, 15) is 14.7 Å². The zero-order valence-corrected chi connectivity index (χ0v) is 11.1. The molecule has 0 bridgehead atoms. The van der Waals surface area contributed by atoms with E-state index in [1.807, 2.05) is 4.90 Å². The van der Waals surface area contributed by atoms with Crippen molar-refractivity contribution in [2.75, 3.05) is 18.0 Å². The molecule has 1 atom stereocenters. The number of piperidine rings is 1. The second-order valence-electron chi connectivity index (χ2n) is 4.65. The van der Waals surface area contributed by atoms with Gasteiger partial charge in [-0.15, -0.1) is 0 Å². The first-order valence-corrected chi connectivity index (χ1v) is 6.44. The van der Waals surface area contributed by atoms with Gasteiger partial charge in [0.25, 0.3) is 0 Å². The van der Waals surface area contributed by atoms with E-state index in [0.717, 1.165) is 12.8 Å². The zero-order chi connectivity index (χ0) is 14.0. The van der Waals surface area contributed by atoms with Crippen LogP contribution in [0, 0.1) is 5.92 Å². The fourth-order valence-corrected chi connectivity index (χ4v) is 2.54. The third-order valence-corrected chi connectivity index (χ3v) is 3.59. The van der Waals surface area contributed by atoms with Crippen LogP contribution in [-0.2, 0) is 4.79 Å². The molecule has 5 nitrogen and oxygen atoms in total. The van der Waals surface area contributed by atoms with Crippen molar-refractivity contribution >= 4 is 29.2 Å². The van der Waals surface area contributed by atoms with Crippen molar-refractivity contribution in [1.82, 2.24) is 0 Å². The Morgan fingerprint density at radius 3 is 2.79 bits per heavy atom. The van der Waals surface area contributed by atoms with Gasteiger partial charge in [0.15, 0.2) is 0 Å². The summed E-state index contributed by atoms with van der Waals surface area (Å²) in [6, 6.07) is 4.65. The van der Waals surface area contributed by atoms with Gasteiger partial charge in [0.2, 0.25) is 5.91 Å². The van der Waals surface area contributed by atoms with Crippen LogP contribution in [-0.4, -0.2) is 30.1 Å². The Labute approximate surface area is 116 Å². The summed E-state index contributed by atoms with van der Waals surface area (Å²) in [7, 11) is 0. The topological polar surface area (TPSA) is 83.6 Å². The van der Waals surface area contributed by atoms with Gasteiger partial charge in [-0.3, -0.25) is 4.79 Å². The molecule has 1 amide bonds. The minimum absolute atomic E-state index is 0.189. The molecule has 1 fully saturated rings. The second kappa shape index (κ2) is 5.48. The Kier molecular flexibility index (Phi) is 3.95. The summed E-state index contributed by atoms with van der Waals surface area (Å²) >= 11 is 5.93. The van der Waals surface area contributed by atoms with Gasteiger partial charge in [-0.05, 0) is 31.0 Å². The monoisotopic (exact) mass is 282 g/mol. The van der Waals surface area contributed by atoms with Gasteiger partial charge in [-0.25, -0.2) is 4.79 Å². The summed E-state index contributed by atoms with van der Waals surface area (Å²) in [6.07, 6.45) is 1.55. The number of benzene rings is 1. The second-order valence-corrected chi connectivity index (χ2v) is 5.09. The number of primary amides is 1. The summed E-state index contributed by atoms with van der Waals surface area (Å²) in [5.41, 5.74) is 6.06.